The molecule has 0 aliphatic heterocycles. The molecule has 1 N–H and O–H groups in total. The summed E-state index contributed by atoms with van der Waals surface area (Å²) >= 11 is 0. The number of fused-ring (bicyclic) bond motifs is 2. The summed E-state index contributed by atoms with van der Waals surface area (Å²) < 4.78 is 0. The molecule has 4 rings (SSSR count). The van der Waals surface area contributed by atoms with Crippen molar-refractivity contribution < 1.29 is 0 Å². The zero-order valence-electron chi connectivity index (χ0n) is 20.4. The molecule has 32 heavy (non-hydrogen) atoms. The van der Waals surface area contributed by atoms with Crippen molar-refractivity contribution in [3.8, 4) is 0 Å². The Hall–Kier alpha value is -2.54. The third-order valence-corrected chi connectivity index (χ3v) is 7.15. The summed E-state index contributed by atoms with van der Waals surface area (Å²) in [5, 5.41) is 3.68. The summed E-state index contributed by atoms with van der Waals surface area (Å²) in [5.41, 5.74) is 13.2. The van der Waals surface area contributed by atoms with E-state index in [4.69, 9.17) is 0 Å². The van der Waals surface area contributed by atoms with E-state index in [1.165, 1.54) is 60.1 Å². The molecule has 0 spiro atoms. The van der Waals surface area contributed by atoms with Gasteiger partial charge in [0, 0.05) is 24.1 Å². The van der Waals surface area contributed by atoms with Gasteiger partial charge in [-0.2, -0.15) is 0 Å². The van der Waals surface area contributed by atoms with Crippen LogP contribution in [0.1, 0.15) is 64.0 Å². The summed E-state index contributed by atoms with van der Waals surface area (Å²) in [4.78, 5) is 0. The second-order valence-electron chi connectivity index (χ2n) is 10.1. The van der Waals surface area contributed by atoms with E-state index in [1.54, 1.807) is 22.3 Å². The fourth-order valence-corrected chi connectivity index (χ4v) is 5.60. The lowest BCUT2D eigenvalue weighted by Crippen LogP contribution is -2.25. The van der Waals surface area contributed by atoms with Crippen LogP contribution in [0, 0.1) is 18.8 Å². The smallest absolute Gasteiger partial charge is 0.0357 e. The SMILES string of the molecule is C=C(NC/C(C)=C/C=C(C)C)C1CCCC2=C1C1=CCCC=C1C2Cc1cccc(C)c1. The van der Waals surface area contributed by atoms with Crippen molar-refractivity contribution >= 4 is 0 Å². The van der Waals surface area contributed by atoms with Gasteiger partial charge in [-0.15, -0.1) is 0 Å². The first-order valence-corrected chi connectivity index (χ1v) is 12.4. The first-order valence-electron chi connectivity index (χ1n) is 12.4. The molecule has 1 nitrogen and oxygen atoms in total. The summed E-state index contributed by atoms with van der Waals surface area (Å²) in [7, 11) is 0. The molecule has 0 heterocycles. The zero-order valence-corrected chi connectivity index (χ0v) is 20.4. The molecule has 1 aromatic rings. The van der Waals surface area contributed by atoms with Gasteiger partial charge in [0.05, 0.1) is 0 Å². The summed E-state index contributed by atoms with van der Waals surface area (Å²) in [6, 6.07) is 9.09. The van der Waals surface area contributed by atoms with Crippen molar-refractivity contribution in [1.82, 2.24) is 5.32 Å². The molecule has 0 saturated carbocycles. The number of allylic oxidation sites excluding steroid dienone is 9. The molecule has 168 valence electrons. The maximum Gasteiger partial charge on any atom is 0.0357 e. The van der Waals surface area contributed by atoms with Gasteiger partial charge in [-0.25, -0.2) is 0 Å². The van der Waals surface area contributed by atoms with Crippen LogP contribution in [0.4, 0.5) is 0 Å². The van der Waals surface area contributed by atoms with Gasteiger partial charge in [0.2, 0.25) is 0 Å². The molecule has 1 heteroatoms. The maximum absolute atomic E-state index is 4.53. The lowest BCUT2D eigenvalue weighted by atomic mass is 9.79. The largest absolute Gasteiger partial charge is 0.385 e. The average Bonchev–Trinajstić information content (AvgIpc) is 3.10. The van der Waals surface area contributed by atoms with Crippen LogP contribution in [-0.4, -0.2) is 6.54 Å². The molecule has 0 aromatic heterocycles. The van der Waals surface area contributed by atoms with Crippen molar-refractivity contribution in [2.45, 2.75) is 66.2 Å². The van der Waals surface area contributed by atoms with Crippen LogP contribution < -0.4 is 5.32 Å². The molecule has 0 saturated heterocycles. The molecule has 2 atom stereocenters. The molecular formula is C31H39N. The van der Waals surface area contributed by atoms with Gasteiger partial charge in [0.1, 0.15) is 0 Å². The molecule has 0 amide bonds. The lowest BCUT2D eigenvalue weighted by molar-refractivity contribution is 0.522. The van der Waals surface area contributed by atoms with Gasteiger partial charge in [0.25, 0.3) is 0 Å². The molecule has 0 bridgehead atoms. The molecule has 3 aliphatic rings. The van der Waals surface area contributed by atoms with Crippen LogP contribution in [0.25, 0.3) is 0 Å². The molecule has 0 fully saturated rings. The predicted octanol–water partition coefficient (Wildman–Crippen LogP) is 7.93. The Bertz CT molecular complexity index is 1040. The maximum atomic E-state index is 4.53. The van der Waals surface area contributed by atoms with Gasteiger partial charge in [0.15, 0.2) is 0 Å². The van der Waals surface area contributed by atoms with E-state index in [0.717, 1.165) is 13.0 Å². The Kier molecular flexibility index (Phi) is 7.04. The van der Waals surface area contributed by atoms with Crippen LogP contribution in [0.3, 0.4) is 0 Å². The van der Waals surface area contributed by atoms with E-state index >= 15 is 0 Å². The average molecular weight is 426 g/mol. The monoisotopic (exact) mass is 425 g/mol. The highest BCUT2D eigenvalue weighted by Crippen LogP contribution is 2.53. The van der Waals surface area contributed by atoms with Crippen molar-refractivity contribution in [1.29, 1.82) is 0 Å². The van der Waals surface area contributed by atoms with E-state index in [1.807, 2.05) is 0 Å². The molecule has 1 aromatic carbocycles. The highest BCUT2D eigenvalue weighted by Gasteiger charge is 2.40. The van der Waals surface area contributed by atoms with E-state index in [-0.39, 0.29) is 0 Å². The van der Waals surface area contributed by atoms with E-state index in [0.29, 0.717) is 11.8 Å². The number of nitrogens with one attached hydrogen (secondary N) is 1. The third-order valence-electron chi connectivity index (χ3n) is 7.15. The van der Waals surface area contributed by atoms with Crippen molar-refractivity contribution in [2.24, 2.45) is 11.8 Å². The quantitative estimate of drug-likeness (QED) is 0.437. The fourth-order valence-electron chi connectivity index (χ4n) is 5.60. The number of rotatable bonds is 7. The zero-order chi connectivity index (χ0) is 22.7. The van der Waals surface area contributed by atoms with Crippen molar-refractivity contribution in [3.63, 3.8) is 0 Å². The van der Waals surface area contributed by atoms with Gasteiger partial charge in [-0.05, 0) is 88.5 Å². The Labute approximate surface area is 195 Å². The number of hydrogen-bond donors (Lipinski definition) is 1. The highest BCUT2D eigenvalue weighted by molar-refractivity contribution is 5.63. The van der Waals surface area contributed by atoms with Crippen molar-refractivity contribution in [3.05, 3.63) is 105 Å². The number of aryl methyl sites for hydroxylation is 1. The first-order chi connectivity index (χ1) is 15.4. The van der Waals surface area contributed by atoms with Gasteiger partial charge in [-0.1, -0.05) is 77.4 Å². The van der Waals surface area contributed by atoms with Gasteiger partial charge < -0.3 is 5.32 Å². The Morgan fingerprint density at radius 3 is 2.72 bits per heavy atom. The van der Waals surface area contributed by atoms with Gasteiger partial charge >= 0.3 is 0 Å². The van der Waals surface area contributed by atoms with E-state index < -0.39 is 0 Å². The molecule has 0 radical (unpaired) electrons. The van der Waals surface area contributed by atoms with Crippen LogP contribution in [-0.2, 0) is 6.42 Å². The van der Waals surface area contributed by atoms with E-state index in [2.05, 4.69) is 88.2 Å². The Balaban J connectivity index is 1.58. The minimum absolute atomic E-state index is 0.435. The van der Waals surface area contributed by atoms with Gasteiger partial charge in [-0.3, -0.25) is 0 Å². The van der Waals surface area contributed by atoms with E-state index in [9.17, 15) is 0 Å². The Morgan fingerprint density at radius 1 is 1.12 bits per heavy atom. The van der Waals surface area contributed by atoms with Crippen LogP contribution in [0.2, 0.25) is 0 Å². The summed E-state index contributed by atoms with van der Waals surface area (Å²) in [6.45, 7) is 14.1. The van der Waals surface area contributed by atoms with Crippen LogP contribution >= 0.6 is 0 Å². The topological polar surface area (TPSA) is 12.0 Å². The molecular weight excluding hydrogens is 386 g/mol. The second-order valence-corrected chi connectivity index (χ2v) is 10.1. The lowest BCUT2D eigenvalue weighted by Gasteiger charge is -2.29. The predicted molar refractivity (Wildman–Crippen MR) is 138 cm³/mol. The summed E-state index contributed by atoms with van der Waals surface area (Å²) in [6.07, 6.45) is 16.7. The molecule has 2 unspecified atom stereocenters. The van der Waals surface area contributed by atoms with Crippen molar-refractivity contribution in [2.75, 3.05) is 6.54 Å². The second kappa shape index (κ2) is 9.94. The fraction of sp³-hybridized carbons (Fsp3) is 0.419. The third kappa shape index (κ3) is 4.93. The minimum Gasteiger partial charge on any atom is -0.385 e. The standard InChI is InChI=1S/C31H39N/c1-21(2)16-17-23(4)20-32-24(5)26-14-9-15-29-30(19-25-11-8-10-22(3)18-25)27-12-6-7-13-28(27)31(26)29/h8,10-13,16-18,26,30,32H,5-7,9,14-15,19-20H2,1-4H3/b23-17+. The highest BCUT2D eigenvalue weighted by atomic mass is 14.9. The minimum atomic E-state index is 0.435. The Morgan fingerprint density at radius 2 is 1.94 bits per heavy atom. The number of hydrogen-bond acceptors (Lipinski definition) is 1. The van der Waals surface area contributed by atoms with Crippen LogP contribution in [0.15, 0.2) is 94.3 Å². The first kappa shape index (κ1) is 22.6. The summed E-state index contributed by atoms with van der Waals surface area (Å²) in [5.74, 6) is 0.985. The number of benzene rings is 1. The normalized spacial score (nSPS) is 22.6. The molecule has 3 aliphatic carbocycles. The van der Waals surface area contributed by atoms with Crippen LogP contribution in [0.5, 0.6) is 0 Å².